The summed E-state index contributed by atoms with van der Waals surface area (Å²) in [5, 5.41) is 0. The quantitative estimate of drug-likeness (QED) is 0.688. The van der Waals surface area contributed by atoms with Gasteiger partial charge in [0, 0.05) is 6.54 Å². The highest BCUT2D eigenvalue weighted by Crippen LogP contribution is 2.26. The number of oxazole rings is 1. The van der Waals surface area contributed by atoms with Gasteiger partial charge in [-0.05, 0) is 52.5 Å². The van der Waals surface area contributed by atoms with Gasteiger partial charge in [0.05, 0.1) is 0 Å². The topological polar surface area (TPSA) is 102 Å². The summed E-state index contributed by atoms with van der Waals surface area (Å²) in [6.45, 7) is 7.23. The van der Waals surface area contributed by atoms with Crippen LogP contribution in [0, 0.1) is 6.92 Å². The number of ether oxygens (including phenoxy) is 2. The maximum atomic E-state index is 13.6. The van der Waals surface area contributed by atoms with E-state index in [4.69, 9.17) is 13.9 Å². The lowest BCUT2D eigenvalue weighted by Crippen LogP contribution is -2.55. The molecular formula is C23H29N3O6. The second kappa shape index (κ2) is 9.84. The Kier molecular flexibility index (Phi) is 7.17. The molecular weight excluding hydrogens is 414 g/mol. The van der Waals surface area contributed by atoms with E-state index in [1.54, 1.807) is 27.7 Å². The Bertz CT molecular complexity index is 950. The zero-order chi connectivity index (χ0) is 23.3. The number of amides is 3. The summed E-state index contributed by atoms with van der Waals surface area (Å²) < 4.78 is 16.1. The summed E-state index contributed by atoms with van der Waals surface area (Å²) in [7, 11) is 0. The van der Waals surface area contributed by atoms with Crippen LogP contribution in [0.1, 0.15) is 51.4 Å². The normalized spacial score (nSPS) is 16.4. The van der Waals surface area contributed by atoms with Gasteiger partial charge in [0.15, 0.2) is 12.2 Å². The number of aryl methyl sites for hydroxylation is 1. The van der Waals surface area contributed by atoms with Crippen LogP contribution in [0.15, 0.2) is 41.1 Å². The monoisotopic (exact) mass is 443 g/mol. The van der Waals surface area contributed by atoms with Crippen LogP contribution >= 0.6 is 0 Å². The minimum absolute atomic E-state index is 0.0131. The molecule has 0 bridgehead atoms. The van der Waals surface area contributed by atoms with E-state index in [0.717, 1.165) is 29.7 Å². The van der Waals surface area contributed by atoms with E-state index in [-0.39, 0.29) is 18.2 Å². The van der Waals surface area contributed by atoms with Gasteiger partial charge in [0.1, 0.15) is 24.0 Å². The number of hydrogen-bond donors (Lipinski definition) is 0. The molecule has 1 unspecified atom stereocenters. The van der Waals surface area contributed by atoms with Crippen molar-refractivity contribution in [3.8, 4) is 0 Å². The van der Waals surface area contributed by atoms with Crippen LogP contribution < -0.4 is 4.90 Å². The van der Waals surface area contributed by atoms with Crippen molar-refractivity contribution in [2.75, 3.05) is 11.4 Å². The van der Waals surface area contributed by atoms with E-state index in [1.807, 2.05) is 30.3 Å². The minimum Gasteiger partial charge on any atom is -0.446 e. The van der Waals surface area contributed by atoms with Crippen LogP contribution in [0.5, 0.6) is 0 Å². The third kappa shape index (κ3) is 5.66. The number of carbonyl (C=O) groups is 3. The van der Waals surface area contributed by atoms with Crippen LogP contribution in [-0.2, 0) is 20.9 Å². The second-order valence-corrected chi connectivity index (χ2v) is 8.63. The third-order valence-electron chi connectivity index (χ3n) is 4.96. The maximum absolute atomic E-state index is 13.6. The molecule has 9 heteroatoms. The van der Waals surface area contributed by atoms with Crippen LogP contribution in [0.3, 0.4) is 0 Å². The molecule has 3 amide bonds. The molecule has 1 aliphatic heterocycles. The van der Waals surface area contributed by atoms with E-state index >= 15 is 0 Å². The van der Waals surface area contributed by atoms with Crippen LogP contribution in [0.25, 0.3) is 0 Å². The fraction of sp³-hybridized carbons (Fsp3) is 0.478. The number of imide groups is 1. The lowest BCUT2D eigenvalue weighted by atomic mass is 10.0. The largest absolute Gasteiger partial charge is 0.446 e. The smallest absolute Gasteiger partial charge is 0.422 e. The first kappa shape index (κ1) is 23.3. The van der Waals surface area contributed by atoms with E-state index < -0.39 is 29.7 Å². The molecule has 0 radical (unpaired) electrons. The molecule has 1 saturated heterocycles. The van der Waals surface area contributed by atoms with Gasteiger partial charge >= 0.3 is 12.2 Å². The van der Waals surface area contributed by atoms with Crippen molar-refractivity contribution < 1.29 is 28.3 Å². The Balaban J connectivity index is 1.84. The van der Waals surface area contributed by atoms with Crippen molar-refractivity contribution in [1.82, 2.24) is 9.88 Å². The van der Waals surface area contributed by atoms with Crippen molar-refractivity contribution in [3.05, 3.63) is 48.0 Å². The maximum Gasteiger partial charge on any atom is 0.422 e. The van der Waals surface area contributed by atoms with Crippen molar-refractivity contribution >= 4 is 23.9 Å². The molecule has 172 valence electrons. The van der Waals surface area contributed by atoms with Gasteiger partial charge < -0.3 is 13.9 Å². The predicted octanol–water partition coefficient (Wildman–Crippen LogP) is 4.44. The number of benzene rings is 1. The second-order valence-electron chi connectivity index (χ2n) is 8.63. The van der Waals surface area contributed by atoms with Crippen molar-refractivity contribution in [3.63, 3.8) is 0 Å². The first-order valence-corrected chi connectivity index (χ1v) is 10.6. The summed E-state index contributed by atoms with van der Waals surface area (Å²) in [4.78, 5) is 45.6. The van der Waals surface area contributed by atoms with Gasteiger partial charge in [-0.2, -0.15) is 9.88 Å². The Labute approximate surface area is 187 Å². The third-order valence-corrected chi connectivity index (χ3v) is 4.96. The molecule has 1 aliphatic rings. The fourth-order valence-corrected chi connectivity index (χ4v) is 3.46. The predicted molar refractivity (Wildman–Crippen MR) is 116 cm³/mol. The summed E-state index contributed by atoms with van der Waals surface area (Å²) in [6, 6.07) is 8.26. The lowest BCUT2D eigenvalue weighted by Gasteiger charge is -2.37. The molecule has 32 heavy (non-hydrogen) atoms. The van der Waals surface area contributed by atoms with E-state index in [0.29, 0.717) is 13.0 Å². The molecule has 1 aromatic heterocycles. The Morgan fingerprint density at radius 3 is 2.53 bits per heavy atom. The van der Waals surface area contributed by atoms with E-state index in [9.17, 15) is 14.4 Å². The number of anilines is 1. The van der Waals surface area contributed by atoms with Crippen molar-refractivity contribution in [2.24, 2.45) is 0 Å². The van der Waals surface area contributed by atoms with Gasteiger partial charge in [-0.1, -0.05) is 30.3 Å². The highest BCUT2D eigenvalue weighted by Gasteiger charge is 2.41. The Morgan fingerprint density at radius 1 is 1.19 bits per heavy atom. The summed E-state index contributed by atoms with van der Waals surface area (Å²) in [5.74, 6) is -0.275. The molecule has 9 nitrogen and oxygen atoms in total. The average Bonchev–Trinajstić information content (AvgIpc) is 3.17. The van der Waals surface area contributed by atoms with Crippen LogP contribution in [0.4, 0.5) is 15.4 Å². The molecule has 1 aromatic carbocycles. The van der Waals surface area contributed by atoms with Gasteiger partial charge in [-0.25, -0.2) is 9.59 Å². The zero-order valence-corrected chi connectivity index (χ0v) is 18.9. The van der Waals surface area contributed by atoms with Crippen LogP contribution in [0.2, 0.25) is 0 Å². The molecule has 3 rings (SSSR count). The van der Waals surface area contributed by atoms with Crippen molar-refractivity contribution in [1.29, 1.82) is 0 Å². The molecule has 0 saturated carbocycles. The number of aromatic nitrogens is 1. The van der Waals surface area contributed by atoms with Crippen LogP contribution in [-0.4, -0.2) is 46.2 Å². The summed E-state index contributed by atoms with van der Waals surface area (Å²) in [5.41, 5.74) is 0.0669. The molecule has 0 N–H and O–H groups in total. The molecule has 0 aliphatic carbocycles. The van der Waals surface area contributed by atoms with Gasteiger partial charge in [-0.15, -0.1) is 0 Å². The molecule has 0 spiro atoms. The number of piperidine rings is 1. The molecule has 1 fully saturated rings. The van der Waals surface area contributed by atoms with Crippen molar-refractivity contribution in [2.45, 2.75) is 65.2 Å². The first-order valence-electron chi connectivity index (χ1n) is 10.6. The van der Waals surface area contributed by atoms with Gasteiger partial charge in [0.2, 0.25) is 0 Å². The number of nitrogens with zero attached hydrogens (tertiary/aromatic N) is 3. The van der Waals surface area contributed by atoms with Gasteiger partial charge in [-0.3, -0.25) is 9.69 Å². The van der Waals surface area contributed by atoms with E-state index in [1.165, 1.54) is 4.90 Å². The summed E-state index contributed by atoms with van der Waals surface area (Å²) in [6.07, 6.45) is 1.56. The standard InChI is InChI=1S/C23H29N3O6/c1-16-19(24-15-31-16)26(22(29)30-14-17-10-6-5-7-11-17)20(27)18-12-8-9-13-25(18)21(28)32-23(2,3)4/h5-7,10-11,15,18H,8-9,12-14H2,1-4H3. The minimum atomic E-state index is -0.884. The van der Waals surface area contributed by atoms with E-state index in [2.05, 4.69) is 4.98 Å². The summed E-state index contributed by atoms with van der Waals surface area (Å²) >= 11 is 0. The number of hydrogen-bond acceptors (Lipinski definition) is 7. The fourth-order valence-electron chi connectivity index (χ4n) is 3.46. The number of likely N-dealkylation sites (tertiary alicyclic amines) is 1. The Morgan fingerprint density at radius 2 is 1.91 bits per heavy atom. The average molecular weight is 444 g/mol. The molecule has 2 heterocycles. The first-order chi connectivity index (χ1) is 15.2. The molecule has 1 atom stereocenters. The van der Waals surface area contributed by atoms with Gasteiger partial charge in [0.25, 0.3) is 5.91 Å². The highest BCUT2D eigenvalue weighted by molar-refractivity contribution is 6.14. The highest BCUT2D eigenvalue weighted by atomic mass is 16.6. The number of rotatable bonds is 4. The Hall–Kier alpha value is -3.36. The SMILES string of the molecule is Cc1ocnc1N(C(=O)OCc1ccccc1)C(=O)C1CCCCN1C(=O)OC(C)(C)C. The molecule has 2 aromatic rings. The lowest BCUT2D eigenvalue weighted by molar-refractivity contribution is -0.124. The zero-order valence-electron chi connectivity index (χ0n) is 18.9. The number of carbonyl (C=O) groups excluding carboxylic acids is 3.